The first-order valence-corrected chi connectivity index (χ1v) is 13.1. The molecular formula is C30H30F2N6O. The molecule has 1 aliphatic heterocycles. The van der Waals surface area contributed by atoms with Crippen LogP contribution in [0.1, 0.15) is 44.0 Å². The van der Waals surface area contributed by atoms with Gasteiger partial charge >= 0.3 is 0 Å². The van der Waals surface area contributed by atoms with Gasteiger partial charge in [-0.15, -0.1) is 4.98 Å². The predicted octanol–water partition coefficient (Wildman–Crippen LogP) is 5.63. The summed E-state index contributed by atoms with van der Waals surface area (Å²) in [7, 11) is 1.71. The van der Waals surface area contributed by atoms with Gasteiger partial charge < -0.3 is 14.3 Å². The van der Waals surface area contributed by atoms with Gasteiger partial charge in [0.05, 0.1) is 29.1 Å². The van der Waals surface area contributed by atoms with Crippen molar-refractivity contribution in [3.8, 4) is 0 Å². The third kappa shape index (κ3) is 5.00. The van der Waals surface area contributed by atoms with Gasteiger partial charge in [-0.05, 0) is 54.8 Å². The molecule has 3 aromatic heterocycles. The fourth-order valence-electron chi connectivity index (χ4n) is 5.64. The van der Waals surface area contributed by atoms with Crippen LogP contribution in [-0.2, 0) is 7.05 Å². The van der Waals surface area contributed by atoms with Crippen molar-refractivity contribution >= 4 is 22.5 Å². The Morgan fingerprint density at radius 2 is 1.82 bits per heavy atom. The van der Waals surface area contributed by atoms with Gasteiger partial charge in [-0.2, -0.15) is 0 Å². The number of rotatable bonds is 6. The standard InChI is InChI=1S/C30H30F2N6O/c1-5-22-18-38(30(19-8-7-9-20(31)14-19)24-11-10-21(32)16-34-24)23(6-2)17-37(22)26-15-28(39)36(4)25-12-13-27(33-3)35-29(25)26/h7-16,22-23,30H,5-6,17-18H2,1-2,4H3/t22-,23+,30?/m0/s1. The summed E-state index contributed by atoms with van der Waals surface area (Å²) in [4.78, 5) is 30.0. The smallest absolute Gasteiger partial charge is 0.270 e. The van der Waals surface area contributed by atoms with E-state index in [0.717, 1.165) is 18.4 Å². The third-order valence-corrected chi connectivity index (χ3v) is 7.69. The maximum atomic E-state index is 14.4. The minimum atomic E-state index is -0.427. The Hall–Kier alpha value is -4.16. The number of hydrogen-bond acceptors (Lipinski definition) is 5. The van der Waals surface area contributed by atoms with Crippen molar-refractivity contribution < 1.29 is 8.78 Å². The second kappa shape index (κ2) is 10.9. The summed E-state index contributed by atoms with van der Waals surface area (Å²) in [5, 5.41) is 0. The molecule has 1 aromatic carbocycles. The quantitative estimate of drug-likeness (QED) is 0.304. The molecule has 0 bridgehead atoms. The maximum Gasteiger partial charge on any atom is 0.270 e. The highest BCUT2D eigenvalue weighted by atomic mass is 19.1. The summed E-state index contributed by atoms with van der Waals surface area (Å²) >= 11 is 0. The number of nitrogens with zero attached hydrogens (tertiary/aromatic N) is 6. The first kappa shape index (κ1) is 26.4. The van der Waals surface area contributed by atoms with Gasteiger partial charge in [-0.1, -0.05) is 32.6 Å². The Balaban J connectivity index is 1.61. The number of fused-ring (bicyclic) bond motifs is 1. The highest BCUT2D eigenvalue weighted by Gasteiger charge is 2.39. The maximum absolute atomic E-state index is 14.4. The molecule has 4 heterocycles. The Morgan fingerprint density at radius 1 is 1.03 bits per heavy atom. The molecule has 200 valence electrons. The highest BCUT2D eigenvalue weighted by Crippen LogP contribution is 2.37. The molecular weight excluding hydrogens is 498 g/mol. The number of pyridine rings is 3. The Morgan fingerprint density at radius 3 is 2.49 bits per heavy atom. The predicted molar refractivity (Wildman–Crippen MR) is 148 cm³/mol. The van der Waals surface area contributed by atoms with E-state index in [2.05, 4.69) is 38.5 Å². The van der Waals surface area contributed by atoms with Crippen LogP contribution in [0, 0.1) is 18.2 Å². The second-order valence-electron chi connectivity index (χ2n) is 9.91. The van der Waals surface area contributed by atoms with Gasteiger partial charge in [-0.25, -0.2) is 8.78 Å². The summed E-state index contributed by atoms with van der Waals surface area (Å²) in [5.41, 5.74) is 3.25. The molecule has 1 saturated heterocycles. The average molecular weight is 529 g/mol. The molecule has 0 aliphatic carbocycles. The molecule has 0 radical (unpaired) electrons. The van der Waals surface area contributed by atoms with Gasteiger partial charge in [0.2, 0.25) is 5.52 Å². The second-order valence-corrected chi connectivity index (χ2v) is 9.91. The van der Waals surface area contributed by atoms with Crippen molar-refractivity contribution in [2.75, 3.05) is 18.0 Å². The van der Waals surface area contributed by atoms with Crippen LogP contribution in [0.25, 0.3) is 15.9 Å². The highest BCUT2D eigenvalue weighted by molar-refractivity contribution is 5.89. The Kier molecular flexibility index (Phi) is 7.40. The molecule has 0 saturated carbocycles. The van der Waals surface area contributed by atoms with Gasteiger partial charge in [0, 0.05) is 38.3 Å². The molecule has 5 rings (SSSR count). The molecule has 39 heavy (non-hydrogen) atoms. The molecule has 1 fully saturated rings. The van der Waals surface area contributed by atoms with Crippen LogP contribution in [0.3, 0.4) is 0 Å². The molecule has 4 aromatic rings. The zero-order valence-electron chi connectivity index (χ0n) is 22.2. The van der Waals surface area contributed by atoms with Crippen LogP contribution >= 0.6 is 0 Å². The molecule has 0 N–H and O–H groups in total. The summed E-state index contributed by atoms with van der Waals surface area (Å²) in [6.45, 7) is 12.8. The van der Waals surface area contributed by atoms with Crippen LogP contribution in [-0.4, -0.2) is 44.6 Å². The van der Waals surface area contributed by atoms with E-state index >= 15 is 0 Å². The summed E-state index contributed by atoms with van der Waals surface area (Å²) in [6.07, 6.45) is 2.75. The monoisotopic (exact) mass is 528 g/mol. The zero-order valence-corrected chi connectivity index (χ0v) is 22.2. The number of benzene rings is 1. The lowest BCUT2D eigenvalue weighted by Gasteiger charge is -2.50. The van der Waals surface area contributed by atoms with E-state index in [4.69, 9.17) is 6.57 Å². The van der Waals surface area contributed by atoms with Crippen LogP contribution in [0.5, 0.6) is 0 Å². The van der Waals surface area contributed by atoms with E-state index in [1.807, 2.05) is 6.07 Å². The zero-order chi connectivity index (χ0) is 27.7. The number of aryl methyl sites for hydroxylation is 1. The first-order valence-electron chi connectivity index (χ1n) is 13.1. The lowest BCUT2D eigenvalue weighted by Crippen LogP contribution is -2.59. The van der Waals surface area contributed by atoms with E-state index in [0.29, 0.717) is 35.5 Å². The number of hydrogen-bond donors (Lipinski definition) is 0. The molecule has 1 unspecified atom stereocenters. The molecule has 3 atom stereocenters. The summed E-state index contributed by atoms with van der Waals surface area (Å²) in [6, 6.07) is 14.2. The van der Waals surface area contributed by atoms with E-state index in [1.165, 1.54) is 24.4 Å². The SMILES string of the molecule is [C-]#[N+]c1ccc2c(n1)c(N1C[C@@H](CC)N(C(c3cccc(F)c3)c3ccc(F)cn3)C[C@@H]1CC)cc(=O)n2C. The lowest BCUT2D eigenvalue weighted by molar-refractivity contribution is 0.109. The van der Waals surface area contributed by atoms with Crippen molar-refractivity contribution in [3.05, 3.63) is 105 Å². The average Bonchev–Trinajstić information content (AvgIpc) is 2.95. The fraction of sp³-hybridized carbons (Fsp3) is 0.333. The molecule has 1 aliphatic rings. The Bertz CT molecular complexity index is 1600. The number of aromatic nitrogens is 3. The van der Waals surface area contributed by atoms with Gasteiger partial charge in [0.25, 0.3) is 11.4 Å². The number of anilines is 1. The lowest BCUT2D eigenvalue weighted by atomic mass is 9.93. The minimum Gasteiger partial charge on any atom is -0.362 e. The van der Waals surface area contributed by atoms with Crippen molar-refractivity contribution in [3.63, 3.8) is 0 Å². The van der Waals surface area contributed by atoms with Crippen molar-refractivity contribution in [1.82, 2.24) is 19.4 Å². The van der Waals surface area contributed by atoms with Crippen LogP contribution in [0.2, 0.25) is 0 Å². The van der Waals surface area contributed by atoms with Crippen LogP contribution in [0.4, 0.5) is 20.3 Å². The first-order chi connectivity index (χ1) is 18.8. The van der Waals surface area contributed by atoms with Gasteiger partial charge in [0.1, 0.15) is 11.6 Å². The normalized spacial score (nSPS) is 18.7. The van der Waals surface area contributed by atoms with Crippen molar-refractivity contribution in [2.24, 2.45) is 7.05 Å². The number of piperazine rings is 1. The molecule has 0 spiro atoms. The topological polar surface area (TPSA) is 58.6 Å². The van der Waals surface area contributed by atoms with Crippen LogP contribution < -0.4 is 10.5 Å². The minimum absolute atomic E-state index is 0.00184. The van der Waals surface area contributed by atoms with E-state index in [1.54, 1.807) is 41.9 Å². The fourth-order valence-corrected chi connectivity index (χ4v) is 5.64. The molecule has 9 heteroatoms. The van der Waals surface area contributed by atoms with E-state index < -0.39 is 5.82 Å². The molecule has 0 amide bonds. The number of halogens is 2. The largest absolute Gasteiger partial charge is 0.362 e. The van der Waals surface area contributed by atoms with Crippen LogP contribution in [0.15, 0.2) is 65.6 Å². The van der Waals surface area contributed by atoms with Crippen molar-refractivity contribution in [2.45, 2.75) is 44.8 Å². The summed E-state index contributed by atoms with van der Waals surface area (Å²) < 4.78 is 29.7. The Labute approximate surface area is 226 Å². The molecule has 7 nitrogen and oxygen atoms in total. The summed E-state index contributed by atoms with van der Waals surface area (Å²) in [5.74, 6) is -0.495. The van der Waals surface area contributed by atoms with Gasteiger partial charge in [-0.3, -0.25) is 14.7 Å². The van der Waals surface area contributed by atoms with Crippen molar-refractivity contribution in [1.29, 1.82) is 0 Å². The van der Waals surface area contributed by atoms with E-state index in [9.17, 15) is 13.6 Å². The van der Waals surface area contributed by atoms with E-state index in [-0.39, 0.29) is 35.3 Å². The van der Waals surface area contributed by atoms with Gasteiger partial charge in [0.15, 0.2) is 0 Å². The third-order valence-electron chi connectivity index (χ3n) is 7.69.